The molecule has 1 atom stereocenters. The Balaban J connectivity index is 1.92. The number of aromatic nitrogens is 1. The average Bonchev–Trinajstić information content (AvgIpc) is 3.03. The fourth-order valence-corrected chi connectivity index (χ4v) is 2.35. The SMILES string of the molecule is CC(NC(=O)c1cc(CI)on1)C(C)(C)CNc1ccccc1. The van der Waals surface area contributed by atoms with E-state index in [0.29, 0.717) is 15.9 Å². The van der Waals surface area contributed by atoms with E-state index in [1.54, 1.807) is 6.07 Å². The van der Waals surface area contributed by atoms with Crippen molar-refractivity contribution in [3.8, 4) is 0 Å². The maximum absolute atomic E-state index is 12.2. The first-order valence-electron chi connectivity index (χ1n) is 7.54. The van der Waals surface area contributed by atoms with E-state index in [-0.39, 0.29) is 17.4 Å². The van der Waals surface area contributed by atoms with Gasteiger partial charge in [0, 0.05) is 29.8 Å². The number of carbonyl (C=O) groups is 1. The van der Waals surface area contributed by atoms with Gasteiger partial charge in [-0.25, -0.2) is 0 Å². The standard InChI is InChI=1S/C17H22IN3O2/c1-12(20-16(22)15-9-14(10-18)23-21-15)17(2,3)11-19-13-7-5-4-6-8-13/h4-9,12,19H,10-11H2,1-3H3,(H,20,22). The third-order valence-corrected chi connectivity index (χ3v) is 4.72. The van der Waals surface area contributed by atoms with Crippen molar-refractivity contribution in [2.75, 3.05) is 11.9 Å². The molecule has 5 nitrogen and oxygen atoms in total. The van der Waals surface area contributed by atoms with E-state index in [4.69, 9.17) is 4.52 Å². The molecule has 0 spiro atoms. The molecule has 0 aliphatic carbocycles. The molecule has 1 unspecified atom stereocenters. The lowest BCUT2D eigenvalue weighted by Gasteiger charge is -2.32. The molecule has 1 aromatic carbocycles. The molecule has 23 heavy (non-hydrogen) atoms. The summed E-state index contributed by atoms with van der Waals surface area (Å²) in [5, 5.41) is 10.2. The van der Waals surface area contributed by atoms with Crippen LogP contribution in [0.1, 0.15) is 37.0 Å². The molecule has 1 amide bonds. The van der Waals surface area contributed by atoms with Gasteiger partial charge in [-0.05, 0) is 19.1 Å². The first-order chi connectivity index (χ1) is 10.9. The lowest BCUT2D eigenvalue weighted by Crippen LogP contribution is -2.46. The second kappa shape index (κ2) is 7.81. The van der Waals surface area contributed by atoms with Gasteiger partial charge in [-0.3, -0.25) is 4.79 Å². The van der Waals surface area contributed by atoms with Crippen LogP contribution in [0.5, 0.6) is 0 Å². The molecule has 1 heterocycles. The maximum atomic E-state index is 12.2. The van der Waals surface area contributed by atoms with Crippen LogP contribution in [0.2, 0.25) is 0 Å². The van der Waals surface area contributed by atoms with E-state index in [9.17, 15) is 4.79 Å². The Morgan fingerprint density at radius 2 is 2.04 bits per heavy atom. The summed E-state index contributed by atoms with van der Waals surface area (Å²) in [7, 11) is 0. The zero-order valence-corrected chi connectivity index (χ0v) is 15.8. The van der Waals surface area contributed by atoms with E-state index in [1.807, 2.05) is 37.3 Å². The molecule has 2 aromatic rings. The van der Waals surface area contributed by atoms with E-state index >= 15 is 0 Å². The second-order valence-electron chi connectivity index (χ2n) is 6.22. The normalized spacial score (nSPS) is 12.7. The number of halogens is 1. The molecular formula is C17H22IN3O2. The molecular weight excluding hydrogens is 405 g/mol. The molecule has 2 rings (SSSR count). The topological polar surface area (TPSA) is 67.2 Å². The number of amides is 1. The Labute approximate surface area is 150 Å². The predicted octanol–water partition coefficient (Wildman–Crippen LogP) is 3.87. The van der Waals surface area contributed by atoms with Crippen molar-refractivity contribution in [3.63, 3.8) is 0 Å². The van der Waals surface area contributed by atoms with Crippen LogP contribution < -0.4 is 10.6 Å². The summed E-state index contributed by atoms with van der Waals surface area (Å²) in [5.41, 5.74) is 1.28. The summed E-state index contributed by atoms with van der Waals surface area (Å²) < 4.78 is 5.77. The molecule has 0 radical (unpaired) electrons. The molecule has 0 bridgehead atoms. The predicted molar refractivity (Wildman–Crippen MR) is 99.9 cm³/mol. The highest BCUT2D eigenvalue weighted by Gasteiger charge is 2.28. The van der Waals surface area contributed by atoms with E-state index < -0.39 is 0 Å². The highest BCUT2D eigenvalue weighted by atomic mass is 127. The number of nitrogens with zero attached hydrogens (tertiary/aromatic N) is 1. The zero-order valence-electron chi connectivity index (χ0n) is 13.6. The zero-order chi connectivity index (χ0) is 16.9. The number of carbonyl (C=O) groups excluding carboxylic acids is 1. The van der Waals surface area contributed by atoms with Gasteiger partial charge in [-0.2, -0.15) is 0 Å². The molecule has 0 aliphatic heterocycles. The van der Waals surface area contributed by atoms with Gasteiger partial charge in [0.1, 0.15) is 5.76 Å². The van der Waals surface area contributed by atoms with Gasteiger partial charge in [-0.1, -0.05) is 59.8 Å². The molecule has 0 saturated heterocycles. The fraction of sp³-hybridized carbons (Fsp3) is 0.412. The smallest absolute Gasteiger partial charge is 0.273 e. The monoisotopic (exact) mass is 427 g/mol. The van der Waals surface area contributed by atoms with E-state index in [1.165, 1.54) is 0 Å². The number of hydrogen-bond acceptors (Lipinski definition) is 4. The van der Waals surface area contributed by atoms with E-state index in [2.05, 4.69) is 52.2 Å². The molecule has 1 aromatic heterocycles. The lowest BCUT2D eigenvalue weighted by molar-refractivity contribution is 0.0899. The van der Waals surface area contributed by atoms with Crippen LogP contribution in [0.3, 0.4) is 0 Å². The first-order valence-corrected chi connectivity index (χ1v) is 9.06. The maximum Gasteiger partial charge on any atom is 0.273 e. The summed E-state index contributed by atoms with van der Waals surface area (Å²) in [4.78, 5) is 12.2. The number of anilines is 1. The largest absolute Gasteiger partial charge is 0.384 e. The van der Waals surface area contributed by atoms with Crippen molar-refractivity contribution in [1.29, 1.82) is 0 Å². The van der Waals surface area contributed by atoms with Crippen LogP contribution in [-0.4, -0.2) is 23.7 Å². The minimum absolute atomic E-state index is 0.0223. The van der Waals surface area contributed by atoms with Gasteiger partial charge in [-0.15, -0.1) is 0 Å². The molecule has 6 heteroatoms. The van der Waals surface area contributed by atoms with Crippen LogP contribution in [0.15, 0.2) is 40.9 Å². The summed E-state index contributed by atoms with van der Waals surface area (Å²) in [6, 6.07) is 11.7. The van der Waals surface area contributed by atoms with Crippen LogP contribution in [-0.2, 0) is 4.43 Å². The van der Waals surface area contributed by atoms with Crippen molar-refractivity contribution >= 4 is 34.2 Å². The van der Waals surface area contributed by atoms with Crippen LogP contribution in [0.4, 0.5) is 5.69 Å². The first kappa shape index (κ1) is 17.8. The Kier molecular flexibility index (Phi) is 6.04. The number of para-hydroxylation sites is 1. The molecule has 0 saturated carbocycles. The van der Waals surface area contributed by atoms with Crippen LogP contribution in [0.25, 0.3) is 0 Å². The van der Waals surface area contributed by atoms with Crippen LogP contribution in [0, 0.1) is 5.41 Å². The van der Waals surface area contributed by atoms with Gasteiger partial charge in [0.15, 0.2) is 5.69 Å². The number of benzene rings is 1. The third kappa shape index (κ3) is 4.95. The molecule has 0 aliphatic rings. The van der Waals surface area contributed by atoms with Crippen molar-refractivity contribution < 1.29 is 9.32 Å². The minimum atomic E-state index is -0.204. The summed E-state index contributed by atoms with van der Waals surface area (Å²) in [5.74, 6) is 0.499. The van der Waals surface area contributed by atoms with Gasteiger partial charge in [0.2, 0.25) is 0 Å². The van der Waals surface area contributed by atoms with Gasteiger partial charge in [0.25, 0.3) is 5.91 Å². The highest BCUT2D eigenvalue weighted by molar-refractivity contribution is 14.1. The van der Waals surface area contributed by atoms with Crippen molar-refractivity contribution in [3.05, 3.63) is 47.9 Å². The van der Waals surface area contributed by atoms with Crippen molar-refractivity contribution in [2.24, 2.45) is 5.41 Å². The quantitative estimate of drug-likeness (QED) is 0.520. The fourth-order valence-electron chi connectivity index (χ4n) is 1.99. The van der Waals surface area contributed by atoms with Gasteiger partial charge >= 0.3 is 0 Å². The van der Waals surface area contributed by atoms with Gasteiger partial charge in [0.05, 0.1) is 4.43 Å². The number of rotatable bonds is 7. The number of alkyl halides is 1. The van der Waals surface area contributed by atoms with Crippen LogP contribution >= 0.6 is 22.6 Å². The number of hydrogen-bond donors (Lipinski definition) is 2. The van der Waals surface area contributed by atoms with Crippen molar-refractivity contribution in [1.82, 2.24) is 10.5 Å². The lowest BCUT2D eigenvalue weighted by atomic mass is 9.85. The van der Waals surface area contributed by atoms with E-state index in [0.717, 1.165) is 12.2 Å². The highest BCUT2D eigenvalue weighted by Crippen LogP contribution is 2.22. The summed E-state index contributed by atoms with van der Waals surface area (Å²) >= 11 is 2.17. The second-order valence-corrected chi connectivity index (χ2v) is 6.98. The Morgan fingerprint density at radius 3 is 2.65 bits per heavy atom. The molecule has 0 fully saturated rings. The number of nitrogens with one attached hydrogen (secondary N) is 2. The Hall–Kier alpha value is -1.57. The Morgan fingerprint density at radius 1 is 1.35 bits per heavy atom. The molecule has 124 valence electrons. The third-order valence-electron chi connectivity index (χ3n) is 3.97. The summed E-state index contributed by atoms with van der Waals surface area (Å²) in [6.07, 6.45) is 0. The Bertz CT molecular complexity index is 640. The minimum Gasteiger partial charge on any atom is -0.384 e. The average molecular weight is 427 g/mol. The molecule has 2 N–H and O–H groups in total. The van der Waals surface area contributed by atoms with Crippen molar-refractivity contribution in [2.45, 2.75) is 31.2 Å². The van der Waals surface area contributed by atoms with Gasteiger partial charge < -0.3 is 15.2 Å². The summed E-state index contributed by atoms with van der Waals surface area (Å²) in [6.45, 7) is 6.99.